The number of hydrogen-bond donors (Lipinski definition) is 1. The van der Waals surface area contributed by atoms with Crippen LogP contribution in [0.3, 0.4) is 0 Å². The second-order valence-electron chi connectivity index (χ2n) is 5.25. The Hall–Kier alpha value is -1.53. The quantitative estimate of drug-likeness (QED) is 0.369. The van der Waals surface area contributed by atoms with E-state index in [0.717, 1.165) is 7.11 Å². The summed E-state index contributed by atoms with van der Waals surface area (Å²) in [6.07, 6.45) is 4.34. The van der Waals surface area contributed by atoms with Gasteiger partial charge >= 0.3 is 0 Å². The maximum Gasteiger partial charge on any atom is 0.267 e. The SMILES string of the molecule is C#CC1=CC([C@H]2CC(OP(=O)([O-])OC)[C@@H](COC)O2)C(=O)NC1=O. The zero-order valence-electron chi connectivity index (χ0n) is 13.1. The van der Waals surface area contributed by atoms with E-state index in [0.29, 0.717) is 0 Å². The second-order valence-corrected chi connectivity index (χ2v) is 6.72. The number of methoxy groups -OCH3 is 1. The predicted molar refractivity (Wildman–Crippen MR) is 78.2 cm³/mol. The Kier molecular flexibility index (Phi) is 5.93. The molecule has 2 aliphatic rings. The Labute approximate surface area is 138 Å². The predicted octanol–water partition coefficient (Wildman–Crippen LogP) is -0.877. The summed E-state index contributed by atoms with van der Waals surface area (Å²) in [6, 6.07) is 0. The Bertz CT molecular complexity index is 639. The third kappa shape index (κ3) is 4.11. The third-order valence-corrected chi connectivity index (χ3v) is 4.71. The van der Waals surface area contributed by atoms with Crippen LogP contribution in [0.5, 0.6) is 0 Å². The monoisotopic (exact) mass is 358 g/mol. The summed E-state index contributed by atoms with van der Waals surface area (Å²) in [5, 5.41) is 2.15. The minimum atomic E-state index is -4.48. The molecule has 3 unspecified atom stereocenters. The maximum atomic E-state index is 12.0. The van der Waals surface area contributed by atoms with Crippen LogP contribution in [0.2, 0.25) is 0 Å². The molecular weight excluding hydrogens is 341 g/mol. The molecule has 2 rings (SSSR count). The molecule has 132 valence electrons. The van der Waals surface area contributed by atoms with Crippen LogP contribution in [0.1, 0.15) is 6.42 Å². The Balaban J connectivity index is 2.19. The average Bonchev–Trinajstić information content (AvgIpc) is 2.90. The molecule has 0 saturated carbocycles. The van der Waals surface area contributed by atoms with Crippen molar-refractivity contribution in [2.45, 2.75) is 24.7 Å². The van der Waals surface area contributed by atoms with Crippen molar-refractivity contribution in [2.24, 2.45) is 5.92 Å². The zero-order valence-corrected chi connectivity index (χ0v) is 14.0. The Morgan fingerprint density at radius 2 is 2.21 bits per heavy atom. The number of ether oxygens (including phenoxy) is 2. The van der Waals surface area contributed by atoms with Gasteiger partial charge in [0.05, 0.1) is 30.3 Å². The van der Waals surface area contributed by atoms with Crippen LogP contribution in [0.25, 0.3) is 0 Å². The van der Waals surface area contributed by atoms with Crippen LogP contribution >= 0.6 is 7.82 Å². The standard InChI is InChI=1S/C14H18NO8P/c1-4-8-5-9(14(17)15-13(8)16)10-6-11(12(22-10)7-20-2)23-24(18,19)21-3/h1,5,9-12H,6-7H2,2-3H3,(H,18,19)(H,15,16,17)/p-1/t9?,10-,11?,12-/m1/s1. The van der Waals surface area contributed by atoms with Crippen molar-refractivity contribution in [3.8, 4) is 12.3 Å². The summed E-state index contributed by atoms with van der Waals surface area (Å²) in [7, 11) is -2.08. The Morgan fingerprint density at radius 3 is 2.79 bits per heavy atom. The van der Waals surface area contributed by atoms with E-state index in [1.165, 1.54) is 13.2 Å². The number of carbonyl (C=O) groups is 2. The molecule has 0 aromatic carbocycles. The van der Waals surface area contributed by atoms with Crippen LogP contribution in [-0.2, 0) is 32.7 Å². The van der Waals surface area contributed by atoms with Gasteiger partial charge in [0.1, 0.15) is 6.10 Å². The van der Waals surface area contributed by atoms with Crippen molar-refractivity contribution in [2.75, 3.05) is 20.8 Å². The number of phosphoric acid groups is 1. The van der Waals surface area contributed by atoms with E-state index < -0.39 is 43.9 Å². The highest BCUT2D eigenvalue weighted by atomic mass is 31.2. The largest absolute Gasteiger partial charge is 0.756 e. The van der Waals surface area contributed by atoms with Crippen LogP contribution in [-0.4, -0.2) is 51.0 Å². The fourth-order valence-electron chi connectivity index (χ4n) is 2.59. The molecule has 5 atom stereocenters. The topological polar surface area (TPSA) is 123 Å². The van der Waals surface area contributed by atoms with Gasteiger partial charge in [0, 0.05) is 20.6 Å². The summed E-state index contributed by atoms with van der Waals surface area (Å²) >= 11 is 0. The molecule has 9 nitrogen and oxygen atoms in total. The van der Waals surface area contributed by atoms with Gasteiger partial charge in [-0.1, -0.05) is 5.92 Å². The van der Waals surface area contributed by atoms with Gasteiger partial charge in [0.15, 0.2) is 0 Å². The first kappa shape index (κ1) is 18.8. The molecule has 2 aliphatic heterocycles. The minimum absolute atomic E-state index is 0.0160. The lowest BCUT2D eigenvalue weighted by Gasteiger charge is -2.26. The number of imide groups is 1. The molecule has 0 radical (unpaired) electrons. The van der Waals surface area contributed by atoms with Gasteiger partial charge in [-0.2, -0.15) is 0 Å². The van der Waals surface area contributed by atoms with E-state index in [1.54, 1.807) is 0 Å². The zero-order chi connectivity index (χ0) is 17.9. The highest BCUT2D eigenvalue weighted by Gasteiger charge is 2.44. The molecule has 2 heterocycles. The molecule has 2 amide bonds. The third-order valence-electron chi connectivity index (χ3n) is 3.73. The number of rotatable bonds is 6. The maximum absolute atomic E-state index is 12.0. The smallest absolute Gasteiger partial charge is 0.267 e. The van der Waals surface area contributed by atoms with Crippen molar-refractivity contribution in [1.29, 1.82) is 0 Å². The summed E-state index contributed by atoms with van der Waals surface area (Å²) < 4.78 is 31.4. The summed E-state index contributed by atoms with van der Waals surface area (Å²) in [4.78, 5) is 35.1. The number of amides is 2. The van der Waals surface area contributed by atoms with Crippen molar-refractivity contribution < 1.29 is 37.6 Å². The molecule has 1 N–H and O–H groups in total. The highest BCUT2D eigenvalue weighted by molar-refractivity contribution is 7.45. The first-order valence-electron chi connectivity index (χ1n) is 7.04. The second kappa shape index (κ2) is 7.57. The molecule has 1 saturated heterocycles. The van der Waals surface area contributed by atoms with Gasteiger partial charge in [-0.3, -0.25) is 19.5 Å². The van der Waals surface area contributed by atoms with Crippen molar-refractivity contribution in [3.63, 3.8) is 0 Å². The van der Waals surface area contributed by atoms with Crippen LogP contribution in [0.4, 0.5) is 0 Å². The molecule has 0 aromatic heterocycles. The van der Waals surface area contributed by atoms with Crippen LogP contribution in [0.15, 0.2) is 11.6 Å². The molecule has 10 heteroatoms. The van der Waals surface area contributed by atoms with Gasteiger partial charge in [-0.25, -0.2) is 0 Å². The van der Waals surface area contributed by atoms with E-state index in [-0.39, 0.29) is 18.6 Å². The molecule has 1 fully saturated rings. The fourth-order valence-corrected chi connectivity index (χ4v) is 3.23. The summed E-state index contributed by atoms with van der Waals surface area (Å²) in [5.41, 5.74) is 0.0160. The molecule has 0 aromatic rings. The van der Waals surface area contributed by atoms with E-state index in [1.807, 2.05) is 0 Å². The number of nitrogens with one attached hydrogen (secondary N) is 1. The number of carbonyl (C=O) groups excluding carboxylic acids is 2. The fraction of sp³-hybridized carbons (Fsp3) is 0.571. The summed E-state index contributed by atoms with van der Waals surface area (Å²) in [6.45, 7) is 0.0594. The van der Waals surface area contributed by atoms with E-state index in [9.17, 15) is 19.0 Å². The first-order chi connectivity index (χ1) is 11.3. The number of terminal acetylenes is 1. The highest BCUT2D eigenvalue weighted by Crippen LogP contribution is 2.43. The number of hydrogen-bond acceptors (Lipinski definition) is 8. The molecule has 0 aliphatic carbocycles. The van der Waals surface area contributed by atoms with Crippen LogP contribution in [0, 0.1) is 18.3 Å². The van der Waals surface area contributed by atoms with Crippen LogP contribution < -0.4 is 10.2 Å². The van der Waals surface area contributed by atoms with Crippen molar-refractivity contribution in [3.05, 3.63) is 11.6 Å². The van der Waals surface area contributed by atoms with Gasteiger partial charge in [-0.05, 0) is 6.08 Å². The van der Waals surface area contributed by atoms with Gasteiger partial charge < -0.3 is 23.4 Å². The van der Waals surface area contributed by atoms with Crippen molar-refractivity contribution in [1.82, 2.24) is 5.32 Å². The van der Waals surface area contributed by atoms with E-state index in [4.69, 9.17) is 20.4 Å². The van der Waals surface area contributed by atoms with Gasteiger partial charge in [-0.15, -0.1) is 6.42 Å². The average molecular weight is 358 g/mol. The summed E-state index contributed by atoms with van der Waals surface area (Å²) in [5.74, 6) is 0.133. The lowest BCUT2D eigenvalue weighted by Crippen LogP contribution is -2.44. The Morgan fingerprint density at radius 1 is 1.50 bits per heavy atom. The van der Waals surface area contributed by atoms with Gasteiger partial charge in [0.2, 0.25) is 5.91 Å². The lowest BCUT2D eigenvalue weighted by molar-refractivity contribution is -0.229. The normalized spacial score (nSPS) is 32.7. The van der Waals surface area contributed by atoms with Crippen molar-refractivity contribution >= 4 is 19.6 Å². The van der Waals surface area contributed by atoms with Gasteiger partial charge in [0.25, 0.3) is 13.7 Å². The number of phosphoric ester groups is 1. The molecule has 0 spiro atoms. The molecular formula is C14H17NO8P-. The first-order valence-corrected chi connectivity index (χ1v) is 8.50. The van der Waals surface area contributed by atoms with E-state index in [2.05, 4.69) is 15.8 Å². The minimum Gasteiger partial charge on any atom is -0.756 e. The molecule has 0 bridgehead atoms. The lowest BCUT2D eigenvalue weighted by atomic mass is 9.92. The van der Waals surface area contributed by atoms with E-state index >= 15 is 0 Å². The molecule has 24 heavy (non-hydrogen) atoms.